The Bertz CT molecular complexity index is 1010. The number of ether oxygens (including phenoxy) is 1. The molecule has 0 bridgehead atoms. The minimum atomic E-state index is -1.01. The fraction of sp³-hybridized carbons (Fsp3) is 0.111. The average molecular weight is 357 g/mol. The van der Waals surface area contributed by atoms with Gasteiger partial charge in [-0.15, -0.1) is 0 Å². The van der Waals surface area contributed by atoms with Crippen LogP contribution in [0.5, 0.6) is 0 Å². The van der Waals surface area contributed by atoms with Gasteiger partial charge in [0.25, 0.3) is 5.56 Å². The number of fused-ring (bicyclic) bond motifs is 1. The molecule has 0 aliphatic carbocycles. The van der Waals surface area contributed by atoms with E-state index in [1.807, 2.05) is 0 Å². The summed E-state index contributed by atoms with van der Waals surface area (Å²) in [5, 5.41) is 7.21. The van der Waals surface area contributed by atoms with Crippen LogP contribution in [0, 0.1) is 0 Å². The molecule has 1 atom stereocenters. The van der Waals surface area contributed by atoms with Gasteiger partial charge in [-0.1, -0.05) is 29.8 Å². The number of hydrogen-bond donors (Lipinski definition) is 1. The Labute approximate surface area is 147 Å². The first-order valence-electron chi connectivity index (χ1n) is 7.45. The fourth-order valence-corrected chi connectivity index (χ4v) is 2.52. The van der Waals surface area contributed by atoms with Gasteiger partial charge in [0, 0.05) is 16.0 Å². The molecule has 0 aliphatic rings. The van der Waals surface area contributed by atoms with E-state index in [1.165, 1.54) is 6.92 Å². The average Bonchev–Trinajstić information content (AvgIpc) is 2.62. The van der Waals surface area contributed by atoms with E-state index in [0.717, 1.165) is 0 Å². The zero-order valence-electron chi connectivity index (χ0n) is 13.2. The third kappa shape index (κ3) is 3.44. The molecule has 1 aromatic heterocycles. The number of esters is 1. The summed E-state index contributed by atoms with van der Waals surface area (Å²) in [6.45, 7) is 1.47. The zero-order valence-corrected chi connectivity index (χ0v) is 13.9. The highest BCUT2D eigenvalue weighted by Gasteiger charge is 2.23. The summed E-state index contributed by atoms with van der Waals surface area (Å²) in [6.07, 6.45) is -1.01. The van der Waals surface area contributed by atoms with E-state index in [0.29, 0.717) is 21.4 Å². The first-order chi connectivity index (χ1) is 12.0. The van der Waals surface area contributed by atoms with Gasteiger partial charge in [-0.2, -0.15) is 5.10 Å². The van der Waals surface area contributed by atoms with Crippen LogP contribution in [0.25, 0.3) is 10.8 Å². The second kappa shape index (κ2) is 6.86. The Balaban J connectivity index is 1.85. The summed E-state index contributed by atoms with van der Waals surface area (Å²) < 4.78 is 5.22. The van der Waals surface area contributed by atoms with Gasteiger partial charge in [0.15, 0.2) is 11.8 Å². The van der Waals surface area contributed by atoms with Crippen molar-refractivity contribution >= 4 is 34.1 Å². The lowest BCUT2D eigenvalue weighted by Crippen LogP contribution is -2.26. The Hall–Kier alpha value is -2.99. The van der Waals surface area contributed by atoms with Crippen LogP contribution in [0.1, 0.15) is 27.8 Å². The van der Waals surface area contributed by atoms with E-state index in [4.69, 9.17) is 16.3 Å². The number of nitrogens with one attached hydrogen (secondary N) is 1. The van der Waals surface area contributed by atoms with Crippen LogP contribution in [0.2, 0.25) is 5.02 Å². The molecule has 3 aromatic rings. The van der Waals surface area contributed by atoms with Crippen LogP contribution in [0.15, 0.2) is 53.3 Å². The van der Waals surface area contributed by atoms with E-state index >= 15 is 0 Å². The molecule has 7 heteroatoms. The predicted molar refractivity (Wildman–Crippen MR) is 93.0 cm³/mol. The van der Waals surface area contributed by atoms with Gasteiger partial charge >= 0.3 is 5.97 Å². The molecule has 0 radical (unpaired) electrons. The number of H-pyrrole nitrogens is 1. The van der Waals surface area contributed by atoms with E-state index in [1.54, 1.807) is 48.5 Å². The molecule has 2 aromatic carbocycles. The van der Waals surface area contributed by atoms with Crippen LogP contribution in [-0.2, 0) is 4.74 Å². The lowest BCUT2D eigenvalue weighted by molar-refractivity contribution is 0.0314. The molecule has 0 amide bonds. The smallest absolute Gasteiger partial charge is 0.360 e. The van der Waals surface area contributed by atoms with Gasteiger partial charge in [-0.3, -0.25) is 9.59 Å². The summed E-state index contributed by atoms with van der Waals surface area (Å²) in [7, 11) is 0. The van der Waals surface area contributed by atoms with Gasteiger partial charge in [-0.25, -0.2) is 9.89 Å². The summed E-state index contributed by atoms with van der Waals surface area (Å²) in [4.78, 5) is 36.5. The second-order valence-corrected chi connectivity index (χ2v) is 5.80. The highest BCUT2D eigenvalue weighted by atomic mass is 35.5. The van der Waals surface area contributed by atoms with Gasteiger partial charge in [0.1, 0.15) is 0 Å². The lowest BCUT2D eigenvalue weighted by atomic mass is 10.1. The number of halogens is 1. The van der Waals surface area contributed by atoms with Crippen molar-refractivity contribution in [3.8, 4) is 0 Å². The molecular weight excluding hydrogens is 344 g/mol. The Kier molecular flexibility index (Phi) is 4.63. The van der Waals surface area contributed by atoms with Crippen LogP contribution in [-0.4, -0.2) is 28.1 Å². The number of aromatic nitrogens is 2. The van der Waals surface area contributed by atoms with Crippen LogP contribution >= 0.6 is 11.6 Å². The number of nitrogens with zero attached hydrogens (tertiary/aromatic N) is 1. The normalized spacial score (nSPS) is 11.9. The number of Topliss-reactive ketones (excluding diaryl/α,β-unsaturated/α-hetero) is 1. The molecule has 6 nitrogen and oxygen atoms in total. The quantitative estimate of drug-likeness (QED) is 0.573. The molecule has 0 fully saturated rings. The molecule has 1 heterocycles. The number of benzene rings is 2. The first-order valence-corrected chi connectivity index (χ1v) is 7.83. The fourth-order valence-electron chi connectivity index (χ4n) is 2.39. The van der Waals surface area contributed by atoms with Crippen LogP contribution in [0.4, 0.5) is 0 Å². The van der Waals surface area contributed by atoms with Crippen molar-refractivity contribution in [2.24, 2.45) is 0 Å². The summed E-state index contributed by atoms with van der Waals surface area (Å²) in [5.41, 5.74) is -0.0765. The molecule has 0 saturated carbocycles. The van der Waals surface area contributed by atoms with Crippen molar-refractivity contribution in [1.29, 1.82) is 0 Å². The van der Waals surface area contributed by atoms with Crippen molar-refractivity contribution in [1.82, 2.24) is 10.2 Å². The van der Waals surface area contributed by atoms with Gasteiger partial charge in [0.2, 0.25) is 5.78 Å². The van der Waals surface area contributed by atoms with E-state index in [2.05, 4.69) is 10.2 Å². The van der Waals surface area contributed by atoms with Gasteiger partial charge < -0.3 is 4.74 Å². The maximum Gasteiger partial charge on any atom is 0.360 e. The molecule has 0 aliphatic heterocycles. The standard InChI is InChI=1S/C18H13ClN2O4/c1-10(16(22)11-6-8-12(19)9-7-11)25-18(24)15-13-4-2-3-5-14(13)17(23)21-20-15/h2-10H,1H3,(H,21,23)/t10-/m0/s1. The Morgan fingerprint density at radius 1 is 1.08 bits per heavy atom. The summed E-state index contributed by atoms with van der Waals surface area (Å²) in [6, 6.07) is 12.8. The van der Waals surface area contributed by atoms with Gasteiger partial charge in [0.05, 0.1) is 5.39 Å². The molecule has 1 N–H and O–H groups in total. The number of ketones is 1. The molecule has 0 spiro atoms. The molecule has 0 unspecified atom stereocenters. The SMILES string of the molecule is C[C@H](OC(=O)c1n[nH]c(=O)c2ccccc12)C(=O)c1ccc(Cl)cc1. The maximum absolute atomic E-state index is 12.4. The lowest BCUT2D eigenvalue weighted by Gasteiger charge is -2.12. The van der Waals surface area contributed by atoms with E-state index < -0.39 is 17.6 Å². The monoisotopic (exact) mass is 356 g/mol. The first kappa shape index (κ1) is 16.9. The molecular formula is C18H13ClN2O4. The Morgan fingerprint density at radius 2 is 1.72 bits per heavy atom. The number of rotatable bonds is 4. The van der Waals surface area contributed by atoms with E-state index in [-0.39, 0.29) is 11.5 Å². The maximum atomic E-state index is 12.4. The largest absolute Gasteiger partial charge is 0.449 e. The number of carbonyl (C=O) groups excluding carboxylic acids is 2. The van der Waals surface area contributed by atoms with Crippen molar-refractivity contribution < 1.29 is 14.3 Å². The minimum absolute atomic E-state index is 0.0500. The number of hydrogen-bond acceptors (Lipinski definition) is 5. The highest BCUT2D eigenvalue weighted by Crippen LogP contribution is 2.16. The minimum Gasteiger partial charge on any atom is -0.449 e. The van der Waals surface area contributed by atoms with Crippen LogP contribution < -0.4 is 5.56 Å². The third-order valence-electron chi connectivity index (χ3n) is 3.67. The molecule has 3 rings (SSSR count). The second-order valence-electron chi connectivity index (χ2n) is 5.37. The van der Waals surface area contributed by atoms with E-state index in [9.17, 15) is 14.4 Å². The topological polar surface area (TPSA) is 89.1 Å². The van der Waals surface area contributed by atoms with Crippen molar-refractivity contribution in [3.63, 3.8) is 0 Å². The highest BCUT2D eigenvalue weighted by molar-refractivity contribution is 6.30. The number of aromatic amines is 1. The zero-order chi connectivity index (χ0) is 18.0. The number of carbonyl (C=O) groups is 2. The molecule has 0 saturated heterocycles. The Morgan fingerprint density at radius 3 is 2.40 bits per heavy atom. The summed E-state index contributed by atoms with van der Waals surface area (Å²) in [5.74, 6) is -1.15. The predicted octanol–water partition coefficient (Wildman–Crippen LogP) is 3.00. The third-order valence-corrected chi connectivity index (χ3v) is 3.92. The van der Waals surface area contributed by atoms with Crippen molar-refractivity contribution in [2.45, 2.75) is 13.0 Å². The van der Waals surface area contributed by atoms with Crippen LogP contribution in [0.3, 0.4) is 0 Å². The molecule has 25 heavy (non-hydrogen) atoms. The summed E-state index contributed by atoms with van der Waals surface area (Å²) >= 11 is 5.79. The van der Waals surface area contributed by atoms with Gasteiger partial charge in [-0.05, 0) is 37.3 Å². The van der Waals surface area contributed by atoms with Crippen molar-refractivity contribution in [3.05, 3.63) is 75.2 Å². The molecule has 126 valence electrons. The van der Waals surface area contributed by atoms with Crippen molar-refractivity contribution in [2.75, 3.05) is 0 Å².